The van der Waals surface area contributed by atoms with Crippen LogP contribution in [-0.4, -0.2) is 15.8 Å². The maximum atomic E-state index is 13.5. The summed E-state index contributed by atoms with van der Waals surface area (Å²) < 4.78 is 13.5. The van der Waals surface area contributed by atoms with Crippen LogP contribution < -0.4 is 0 Å². The van der Waals surface area contributed by atoms with Crippen molar-refractivity contribution in [2.45, 2.75) is 33.6 Å². The van der Waals surface area contributed by atoms with E-state index in [0.717, 1.165) is 39.7 Å². The van der Waals surface area contributed by atoms with Gasteiger partial charge in [-0.3, -0.25) is 9.78 Å². The Hall–Kier alpha value is -2.23. The smallest absolute Gasteiger partial charge is 0.165 e. The first-order valence-electron chi connectivity index (χ1n) is 7.49. The SMILES string of the molecule is Cc1nc2c(c3c1[nH]c1cc(F)ccc13)C(=O)CC(C)(C)C2. The summed E-state index contributed by atoms with van der Waals surface area (Å²) in [6.07, 6.45) is 1.31. The monoisotopic (exact) mass is 296 g/mol. The molecule has 1 N–H and O–H groups in total. The van der Waals surface area contributed by atoms with Crippen molar-refractivity contribution < 1.29 is 9.18 Å². The third-order valence-electron chi connectivity index (χ3n) is 4.53. The third-order valence-corrected chi connectivity index (χ3v) is 4.53. The van der Waals surface area contributed by atoms with Crippen LogP contribution in [0.2, 0.25) is 0 Å². The first-order valence-corrected chi connectivity index (χ1v) is 7.49. The van der Waals surface area contributed by atoms with E-state index in [9.17, 15) is 9.18 Å². The van der Waals surface area contributed by atoms with Gasteiger partial charge in [0.05, 0.1) is 16.9 Å². The minimum atomic E-state index is -0.286. The number of aromatic amines is 1. The summed E-state index contributed by atoms with van der Waals surface area (Å²) in [5, 5.41) is 1.80. The van der Waals surface area contributed by atoms with Crippen LogP contribution in [0.3, 0.4) is 0 Å². The van der Waals surface area contributed by atoms with Crippen LogP contribution in [0.1, 0.15) is 42.0 Å². The third kappa shape index (κ3) is 1.79. The fraction of sp³-hybridized carbons (Fsp3) is 0.333. The number of aromatic nitrogens is 2. The molecule has 1 aliphatic rings. The van der Waals surface area contributed by atoms with E-state index in [1.54, 1.807) is 6.07 Å². The molecule has 22 heavy (non-hydrogen) atoms. The molecule has 0 spiro atoms. The van der Waals surface area contributed by atoms with Gasteiger partial charge in [0.25, 0.3) is 0 Å². The van der Waals surface area contributed by atoms with E-state index < -0.39 is 0 Å². The lowest BCUT2D eigenvalue weighted by molar-refractivity contribution is 0.0912. The maximum Gasteiger partial charge on any atom is 0.165 e. The molecule has 0 saturated carbocycles. The van der Waals surface area contributed by atoms with Gasteiger partial charge in [0.15, 0.2) is 5.78 Å². The van der Waals surface area contributed by atoms with E-state index >= 15 is 0 Å². The van der Waals surface area contributed by atoms with Gasteiger partial charge in [-0.25, -0.2) is 4.39 Å². The molecule has 0 saturated heterocycles. The van der Waals surface area contributed by atoms with E-state index in [2.05, 4.69) is 23.8 Å². The van der Waals surface area contributed by atoms with Crippen molar-refractivity contribution >= 4 is 27.6 Å². The van der Waals surface area contributed by atoms with Gasteiger partial charge < -0.3 is 4.98 Å². The van der Waals surface area contributed by atoms with Crippen LogP contribution in [0.4, 0.5) is 4.39 Å². The number of aryl methyl sites for hydroxylation is 1. The number of carbonyl (C=O) groups is 1. The molecular formula is C18H17FN2O. The largest absolute Gasteiger partial charge is 0.353 e. The second-order valence-electron chi connectivity index (χ2n) is 7.02. The zero-order valence-electron chi connectivity index (χ0n) is 12.9. The topological polar surface area (TPSA) is 45.8 Å². The van der Waals surface area contributed by atoms with Crippen molar-refractivity contribution in [3.05, 3.63) is 41.0 Å². The van der Waals surface area contributed by atoms with Crippen LogP contribution in [0.15, 0.2) is 18.2 Å². The number of nitrogens with zero attached hydrogens (tertiary/aromatic N) is 1. The Morgan fingerprint density at radius 2 is 2.05 bits per heavy atom. The molecule has 0 amide bonds. The number of rotatable bonds is 0. The van der Waals surface area contributed by atoms with E-state index in [1.165, 1.54) is 12.1 Å². The molecule has 1 aromatic carbocycles. The Labute approximate surface area is 127 Å². The van der Waals surface area contributed by atoms with Crippen LogP contribution in [-0.2, 0) is 6.42 Å². The highest BCUT2D eigenvalue weighted by molar-refractivity contribution is 6.19. The zero-order chi connectivity index (χ0) is 15.6. The number of halogens is 1. The first kappa shape index (κ1) is 13.4. The lowest BCUT2D eigenvalue weighted by Gasteiger charge is -2.30. The van der Waals surface area contributed by atoms with Gasteiger partial charge in [0.1, 0.15) is 5.82 Å². The van der Waals surface area contributed by atoms with E-state index in [1.807, 2.05) is 6.92 Å². The zero-order valence-corrected chi connectivity index (χ0v) is 12.9. The van der Waals surface area contributed by atoms with Gasteiger partial charge in [-0.1, -0.05) is 13.8 Å². The van der Waals surface area contributed by atoms with Crippen molar-refractivity contribution in [2.75, 3.05) is 0 Å². The summed E-state index contributed by atoms with van der Waals surface area (Å²) in [5.74, 6) is -0.153. The number of hydrogen-bond acceptors (Lipinski definition) is 2. The molecule has 3 nitrogen and oxygen atoms in total. The molecule has 4 rings (SSSR count). The summed E-state index contributed by atoms with van der Waals surface area (Å²) in [6, 6.07) is 4.66. The second-order valence-corrected chi connectivity index (χ2v) is 7.02. The average Bonchev–Trinajstić information content (AvgIpc) is 2.75. The molecule has 0 bridgehead atoms. The van der Waals surface area contributed by atoms with Crippen LogP contribution in [0.25, 0.3) is 21.8 Å². The summed E-state index contributed by atoms with van der Waals surface area (Å²) in [5.41, 5.74) is 3.94. The minimum Gasteiger partial charge on any atom is -0.353 e. The molecule has 2 aromatic heterocycles. The lowest BCUT2D eigenvalue weighted by atomic mass is 9.74. The van der Waals surface area contributed by atoms with Gasteiger partial charge in [0.2, 0.25) is 0 Å². The number of carbonyl (C=O) groups excluding carboxylic acids is 1. The van der Waals surface area contributed by atoms with Gasteiger partial charge in [0, 0.05) is 28.3 Å². The van der Waals surface area contributed by atoms with Crippen molar-refractivity contribution in [3.8, 4) is 0 Å². The Morgan fingerprint density at radius 1 is 1.27 bits per heavy atom. The van der Waals surface area contributed by atoms with Crippen molar-refractivity contribution in [1.82, 2.24) is 9.97 Å². The highest BCUT2D eigenvalue weighted by atomic mass is 19.1. The van der Waals surface area contributed by atoms with E-state index in [4.69, 9.17) is 0 Å². The number of hydrogen-bond donors (Lipinski definition) is 1. The van der Waals surface area contributed by atoms with E-state index in [0.29, 0.717) is 11.9 Å². The molecule has 0 aliphatic heterocycles. The molecule has 1 aliphatic carbocycles. The maximum absolute atomic E-state index is 13.5. The Bertz CT molecular complexity index is 953. The van der Waals surface area contributed by atoms with Gasteiger partial charge in [-0.15, -0.1) is 0 Å². The molecule has 0 fully saturated rings. The van der Waals surface area contributed by atoms with Crippen molar-refractivity contribution in [1.29, 1.82) is 0 Å². The standard InChI is InChI=1S/C18H17FN2O/c1-9-17-15(11-5-4-10(19)6-12(11)21-17)16-13(20-9)7-18(2,3)8-14(16)22/h4-6,21H,7-8H2,1-3H3. The van der Waals surface area contributed by atoms with Gasteiger partial charge in [-0.2, -0.15) is 0 Å². The van der Waals surface area contributed by atoms with Crippen LogP contribution >= 0.6 is 0 Å². The number of benzene rings is 1. The summed E-state index contributed by atoms with van der Waals surface area (Å²) in [7, 11) is 0. The highest BCUT2D eigenvalue weighted by Gasteiger charge is 2.34. The molecule has 0 atom stereocenters. The summed E-state index contributed by atoms with van der Waals surface area (Å²) in [4.78, 5) is 20.6. The summed E-state index contributed by atoms with van der Waals surface area (Å²) in [6.45, 7) is 6.12. The van der Waals surface area contributed by atoms with Gasteiger partial charge in [-0.05, 0) is 37.0 Å². The molecule has 4 heteroatoms. The Morgan fingerprint density at radius 3 is 2.82 bits per heavy atom. The highest BCUT2D eigenvalue weighted by Crippen LogP contribution is 2.40. The number of Topliss-reactive ketones (excluding diaryl/α,β-unsaturated/α-hetero) is 1. The fourth-order valence-electron chi connectivity index (χ4n) is 3.63. The number of ketones is 1. The normalized spacial score (nSPS) is 17.2. The quantitative estimate of drug-likeness (QED) is 0.671. The average molecular weight is 296 g/mol. The van der Waals surface area contributed by atoms with Crippen molar-refractivity contribution in [2.24, 2.45) is 5.41 Å². The predicted octanol–water partition coefficient (Wildman–Crippen LogP) is 4.32. The number of H-pyrrole nitrogens is 1. The Balaban J connectivity index is 2.16. The van der Waals surface area contributed by atoms with Crippen LogP contribution in [0.5, 0.6) is 0 Å². The van der Waals surface area contributed by atoms with Crippen molar-refractivity contribution in [3.63, 3.8) is 0 Å². The molecule has 112 valence electrons. The molecule has 0 radical (unpaired) electrons. The predicted molar refractivity (Wildman–Crippen MR) is 84.7 cm³/mol. The summed E-state index contributed by atoms with van der Waals surface area (Å²) >= 11 is 0. The molecular weight excluding hydrogens is 279 g/mol. The number of fused-ring (bicyclic) bond motifs is 5. The van der Waals surface area contributed by atoms with E-state index in [-0.39, 0.29) is 17.0 Å². The lowest BCUT2D eigenvalue weighted by Crippen LogP contribution is -2.28. The van der Waals surface area contributed by atoms with Gasteiger partial charge >= 0.3 is 0 Å². The first-order chi connectivity index (χ1) is 10.4. The molecule has 3 aromatic rings. The number of nitrogens with one attached hydrogen (secondary N) is 1. The van der Waals surface area contributed by atoms with Crippen LogP contribution in [0, 0.1) is 18.2 Å². The molecule has 2 heterocycles. The molecule has 0 unspecified atom stereocenters. The second kappa shape index (κ2) is 4.15. The Kier molecular flexibility index (Phi) is 2.54. The minimum absolute atomic E-state index is 0.0601. The fourth-order valence-corrected chi connectivity index (χ4v) is 3.63. The number of pyridine rings is 1.